The SMILES string of the molecule is COc1ccc(C(=O)N2CCC(CC(=O)O)C(CCN3CC4CC(C3)c3cccc(=O)n3C4)C2)cc1. The van der Waals surface area contributed by atoms with Gasteiger partial charge in [-0.25, -0.2) is 0 Å². The van der Waals surface area contributed by atoms with Crippen molar-refractivity contribution in [2.24, 2.45) is 17.8 Å². The van der Waals surface area contributed by atoms with E-state index in [4.69, 9.17) is 4.74 Å². The Balaban J connectivity index is 1.25. The van der Waals surface area contributed by atoms with Gasteiger partial charge in [-0.1, -0.05) is 6.07 Å². The maximum Gasteiger partial charge on any atom is 0.303 e. The van der Waals surface area contributed by atoms with E-state index in [1.807, 2.05) is 15.5 Å². The third-order valence-corrected chi connectivity index (χ3v) is 8.32. The van der Waals surface area contributed by atoms with Gasteiger partial charge in [0.15, 0.2) is 0 Å². The zero-order valence-electron chi connectivity index (χ0n) is 20.8. The van der Waals surface area contributed by atoms with Crippen LogP contribution in [0.2, 0.25) is 0 Å². The maximum atomic E-state index is 13.2. The first-order valence-corrected chi connectivity index (χ1v) is 13.0. The van der Waals surface area contributed by atoms with Gasteiger partial charge < -0.3 is 24.2 Å². The predicted molar refractivity (Wildman–Crippen MR) is 135 cm³/mol. The number of hydrogen-bond acceptors (Lipinski definition) is 5. The predicted octanol–water partition coefficient (Wildman–Crippen LogP) is 2.92. The van der Waals surface area contributed by atoms with E-state index in [1.54, 1.807) is 37.4 Å². The number of fused-ring (bicyclic) bond motifs is 4. The fraction of sp³-hybridized carbons (Fsp3) is 0.536. The molecule has 3 aliphatic rings. The highest BCUT2D eigenvalue weighted by atomic mass is 16.5. The minimum absolute atomic E-state index is 0.00835. The number of amides is 1. The standard InChI is InChI=1S/C28H35N3O5/c1-36-24-7-5-20(6-8-24)28(35)30-12-10-21(14-27(33)34)22(18-30)9-11-29-15-19-13-23(17-29)25-3-2-4-26(32)31(25)16-19/h2-8,19,21-23H,9-18H2,1H3,(H,33,34). The number of carbonyl (C=O) groups excluding carboxylic acids is 1. The lowest BCUT2D eigenvalue weighted by atomic mass is 9.80. The number of likely N-dealkylation sites (tertiary alicyclic amines) is 2. The average Bonchev–Trinajstić information content (AvgIpc) is 2.88. The van der Waals surface area contributed by atoms with Crippen LogP contribution >= 0.6 is 0 Å². The molecule has 8 heteroatoms. The normalized spacial score (nSPS) is 25.8. The second-order valence-corrected chi connectivity index (χ2v) is 10.6. The number of aliphatic carboxylic acids is 1. The zero-order chi connectivity index (χ0) is 25.2. The lowest BCUT2D eigenvalue weighted by Gasteiger charge is -2.44. The quantitative estimate of drug-likeness (QED) is 0.638. The van der Waals surface area contributed by atoms with E-state index in [0.717, 1.165) is 44.7 Å². The van der Waals surface area contributed by atoms with Gasteiger partial charge >= 0.3 is 5.97 Å². The minimum Gasteiger partial charge on any atom is -0.497 e. The molecule has 36 heavy (non-hydrogen) atoms. The van der Waals surface area contributed by atoms with Crippen molar-refractivity contribution in [2.75, 3.05) is 39.8 Å². The fourth-order valence-corrected chi connectivity index (χ4v) is 6.53. The molecule has 0 radical (unpaired) electrons. The van der Waals surface area contributed by atoms with E-state index in [2.05, 4.69) is 11.0 Å². The molecule has 4 unspecified atom stereocenters. The van der Waals surface area contributed by atoms with Crippen LogP contribution in [0.3, 0.4) is 0 Å². The van der Waals surface area contributed by atoms with E-state index in [0.29, 0.717) is 42.7 Å². The number of rotatable bonds is 7. The molecule has 0 aliphatic carbocycles. The summed E-state index contributed by atoms with van der Waals surface area (Å²) >= 11 is 0. The highest BCUT2D eigenvalue weighted by Crippen LogP contribution is 2.36. The molecular weight excluding hydrogens is 458 g/mol. The summed E-state index contributed by atoms with van der Waals surface area (Å²) in [6, 6.07) is 12.7. The van der Waals surface area contributed by atoms with Crippen molar-refractivity contribution in [3.05, 3.63) is 64.1 Å². The number of benzene rings is 1. The Labute approximate surface area is 211 Å². The molecule has 1 amide bonds. The van der Waals surface area contributed by atoms with Crippen LogP contribution in [0.25, 0.3) is 0 Å². The summed E-state index contributed by atoms with van der Waals surface area (Å²) in [5.41, 5.74) is 1.86. The van der Waals surface area contributed by atoms with Gasteiger partial charge in [-0.3, -0.25) is 14.4 Å². The molecule has 3 aliphatic heterocycles. The summed E-state index contributed by atoms with van der Waals surface area (Å²) in [6.45, 7) is 4.71. The van der Waals surface area contributed by atoms with Crippen LogP contribution in [0.15, 0.2) is 47.3 Å². The first-order valence-electron chi connectivity index (χ1n) is 13.0. The van der Waals surface area contributed by atoms with Crippen LogP contribution in [0.4, 0.5) is 0 Å². The van der Waals surface area contributed by atoms with Crippen molar-refractivity contribution in [3.8, 4) is 5.75 Å². The molecule has 0 spiro atoms. The Kier molecular flexibility index (Phi) is 7.14. The lowest BCUT2D eigenvalue weighted by molar-refractivity contribution is -0.139. The van der Waals surface area contributed by atoms with Crippen LogP contribution in [0.1, 0.15) is 47.7 Å². The first kappa shape index (κ1) is 24.6. The number of carboxylic acid groups (broad SMARTS) is 1. The van der Waals surface area contributed by atoms with Crippen molar-refractivity contribution < 1.29 is 19.4 Å². The van der Waals surface area contributed by atoms with Gasteiger partial charge in [-0.2, -0.15) is 0 Å². The molecule has 8 nitrogen and oxygen atoms in total. The topological polar surface area (TPSA) is 92.1 Å². The molecule has 2 bridgehead atoms. The maximum absolute atomic E-state index is 13.2. The van der Waals surface area contributed by atoms with Crippen LogP contribution in [-0.4, -0.2) is 71.2 Å². The number of pyridine rings is 1. The molecule has 5 rings (SSSR count). The minimum atomic E-state index is -0.769. The molecule has 192 valence electrons. The van der Waals surface area contributed by atoms with Gasteiger partial charge in [0.25, 0.3) is 11.5 Å². The fourth-order valence-electron chi connectivity index (χ4n) is 6.53. The van der Waals surface area contributed by atoms with Crippen molar-refractivity contribution in [2.45, 2.75) is 38.1 Å². The van der Waals surface area contributed by atoms with Crippen LogP contribution in [-0.2, 0) is 11.3 Å². The number of hydrogen-bond donors (Lipinski definition) is 1. The van der Waals surface area contributed by atoms with Gasteiger partial charge in [-0.15, -0.1) is 0 Å². The number of piperidine rings is 2. The van der Waals surface area contributed by atoms with Crippen LogP contribution in [0, 0.1) is 17.8 Å². The first-order chi connectivity index (χ1) is 17.4. The molecule has 2 saturated heterocycles. The number of carbonyl (C=O) groups is 2. The van der Waals surface area contributed by atoms with Crippen LogP contribution in [0.5, 0.6) is 5.75 Å². The second-order valence-electron chi connectivity index (χ2n) is 10.6. The van der Waals surface area contributed by atoms with E-state index >= 15 is 0 Å². The number of carboxylic acids is 1. The number of aromatic nitrogens is 1. The molecule has 1 N–H and O–H groups in total. The van der Waals surface area contributed by atoms with Gasteiger partial charge in [0, 0.05) is 62.4 Å². The Morgan fingerprint density at radius 1 is 1.03 bits per heavy atom. The number of nitrogens with zero attached hydrogens (tertiary/aromatic N) is 3. The Morgan fingerprint density at radius 3 is 2.58 bits per heavy atom. The van der Waals surface area contributed by atoms with E-state index in [9.17, 15) is 19.5 Å². The largest absolute Gasteiger partial charge is 0.497 e. The molecular formula is C28H35N3O5. The van der Waals surface area contributed by atoms with Gasteiger partial charge in [0.05, 0.1) is 7.11 Å². The van der Waals surface area contributed by atoms with Crippen molar-refractivity contribution in [1.29, 1.82) is 0 Å². The van der Waals surface area contributed by atoms with Gasteiger partial charge in [-0.05, 0) is 73.9 Å². The van der Waals surface area contributed by atoms with Gasteiger partial charge in [0.1, 0.15) is 5.75 Å². The summed E-state index contributed by atoms with van der Waals surface area (Å²) in [5, 5.41) is 9.50. The summed E-state index contributed by atoms with van der Waals surface area (Å²) in [4.78, 5) is 41.4. The number of methoxy groups -OCH3 is 1. The highest BCUT2D eigenvalue weighted by Gasteiger charge is 2.36. The summed E-state index contributed by atoms with van der Waals surface area (Å²) in [5.74, 6) is 0.981. The molecule has 4 atom stereocenters. The van der Waals surface area contributed by atoms with Crippen molar-refractivity contribution in [1.82, 2.24) is 14.4 Å². The summed E-state index contributed by atoms with van der Waals surface area (Å²) in [6.07, 6.45) is 2.84. The zero-order valence-corrected chi connectivity index (χ0v) is 20.8. The second kappa shape index (κ2) is 10.5. The molecule has 0 saturated carbocycles. The highest BCUT2D eigenvalue weighted by molar-refractivity contribution is 5.94. The van der Waals surface area contributed by atoms with Crippen molar-refractivity contribution >= 4 is 11.9 Å². The Hall–Kier alpha value is -3.13. The molecule has 1 aromatic carbocycles. The Bertz CT molecular complexity index is 1160. The molecule has 2 aromatic rings. The lowest BCUT2D eigenvalue weighted by Crippen LogP contribution is -2.49. The average molecular weight is 494 g/mol. The van der Waals surface area contributed by atoms with Crippen molar-refractivity contribution in [3.63, 3.8) is 0 Å². The smallest absolute Gasteiger partial charge is 0.303 e. The summed E-state index contributed by atoms with van der Waals surface area (Å²) < 4.78 is 7.15. The third kappa shape index (κ3) is 5.19. The summed E-state index contributed by atoms with van der Waals surface area (Å²) in [7, 11) is 1.60. The molecule has 4 heterocycles. The van der Waals surface area contributed by atoms with E-state index in [1.165, 1.54) is 0 Å². The third-order valence-electron chi connectivity index (χ3n) is 8.32. The Morgan fingerprint density at radius 2 is 1.83 bits per heavy atom. The van der Waals surface area contributed by atoms with Crippen LogP contribution < -0.4 is 10.3 Å². The molecule has 1 aromatic heterocycles. The molecule has 2 fully saturated rings. The van der Waals surface area contributed by atoms with E-state index < -0.39 is 5.97 Å². The van der Waals surface area contributed by atoms with E-state index in [-0.39, 0.29) is 29.7 Å². The van der Waals surface area contributed by atoms with Gasteiger partial charge in [0.2, 0.25) is 0 Å². The monoisotopic (exact) mass is 493 g/mol. The number of ether oxygens (including phenoxy) is 1.